The molecule has 0 radical (unpaired) electrons. The Balaban J connectivity index is 2.33. The maximum absolute atomic E-state index is 5.95. The molecule has 1 fully saturated rings. The molecule has 1 saturated carbocycles. The van der Waals surface area contributed by atoms with E-state index in [-0.39, 0.29) is 5.54 Å². The number of rotatable bonds is 1. The summed E-state index contributed by atoms with van der Waals surface area (Å²) in [7, 11) is 0. The summed E-state index contributed by atoms with van der Waals surface area (Å²) < 4.78 is 1.16. The summed E-state index contributed by atoms with van der Waals surface area (Å²) in [6, 6.07) is 4.07. The Kier molecular flexibility index (Phi) is 1.64. The zero-order valence-electron chi connectivity index (χ0n) is 6.05. The molecule has 0 bridgehead atoms. The fourth-order valence-electron chi connectivity index (χ4n) is 1.06. The van der Waals surface area contributed by atoms with E-state index < -0.39 is 0 Å². The fourth-order valence-corrected chi connectivity index (χ4v) is 1.38. The Bertz CT molecular complexity index is 264. The van der Waals surface area contributed by atoms with Crippen LogP contribution in [0.1, 0.15) is 18.5 Å². The predicted molar refractivity (Wildman–Crippen MR) is 52.1 cm³/mol. The van der Waals surface area contributed by atoms with Crippen molar-refractivity contribution in [2.24, 2.45) is 5.73 Å². The van der Waals surface area contributed by atoms with Gasteiger partial charge in [-0.05, 0) is 47.6 Å². The molecule has 0 aliphatic heterocycles. The first kappa shape index (κ1) is 7.49. The second-order valence-corrected chi connectivity index (χ2v) is 4.26. The number of nitrogens with two attached hydrogens (primary N) is 1. The summed E-state index contributed by atoms with van der Waals surface area (Å²) in [6.45, 7) is 0. The highest BCUT2D eigenvalue weighted by Crippen LogP contribution is 2.41. The SMILES string of the molecule is NC1(c2ccc(I)cn2)CC1. The molecule has 11 heavy (non-hydrogen) atoms. The van der Waals surface area contributed by atoms with E-state index >= 15 is 0 Å². The monoisotopic (exact) mass is 260 g/mol. The van der Waals surface area contributed by atoms with Crippen LogP contribution in [0.15, 0.2) is 18.3 Å². The minimum atomic E-state index is -0.0790. The summed E-state index contributed by atoms with van der Waals surface area (Å²) in [5.41, 5.74) is 6.91. The first-order chi connectivity index (χ1) is 5.21. The maximum atomic E-state index is 5.95. The second-order valence-electron chi connectivity index (χ2n) is 3.02. The Hall–Kier alpha value is -0.160. The largest absolute Gasteiger partial charge is 0.320 e. The van der Waals surface area contributed by atoms with E-state index in [0.29, 0.717) is 0 Å². The van der Waals surface area contributed by atoms with Gasteiger partial charge in [0.15, 0.2) is 0 Å². The van der Waals surface area contributed by atoms with Crippen LogP contribution in [0.2, 0.25) is 0 Å². The van der Waals surface area contributed by atoms with Crippen LogP contribution in [0, 0.1) is 3.57 Å². The summed E-state index contributed by atoms with van der Waals surface area (Å²) in [5.74, 6) is 0. The first-order valence-electron chi connectivity index (χ1n) is 3.62. The molecule has 1 aromatic heterocycles. The van der Waals surface area contributed by atoms with Gasteiger partial charge in [0, 0.05) is 9.77 Å². The molecule has 1 aromatic rings. The second kappa shape index (κ2) is 2.42. The molecule has 0 amide bonds. The van der Waals surface area contributed by atoms with E-state index in [1.54, 1.807) is 0 Å². The lowest BCUT2D eigenvalue weighted by molar-refractivity contribution is 0.707. The molecule has 1 heterocycles. The minimum Gasteiger partial charge on any atom is -0.320 e. The number of nitrogens with zero attached hydrogens (tertiary/aromatic N) is 1. The maximum Gasteiger partial charge on any atom is 0.0603 e. The van der Waals surface area contributed by atoms with Crippen molar-refractivity contribution in [3.8, 4) is 0 Å². The zero-order chi connectivity index (χ0) is 7.90. The van der Waals surface area contributed by atoms with Crippen LogP contribution in [-0.4, -0.2) is 4.98 Å². The van der Waals surface area contributed by atoms with Crippen LogP contribution in [0.5, 0.6) is 0 Å². The lowest BCUT2D eigenvalue weighted by Crippen LogP contribution is -2.19. The number of pyridine rings is 1. The molecule has 0 aromatic carbocycles. The van der Waals surface area contributed by atoms with Gasteiger partial charge in [-0.25, -0.2) is 0 Å². The van der Waals surface area contributed by atoms with Gasteiger partial charge in [0.25, 0.3) is 0 Å². The minimum absolute atomic E-state index is 0.0790. The Morgan fingerprint density at radius 3 is 2.64 bits per heavy atom. The van der Waals surface area contributed by atoms with Crippen molar-refractivity contribution < 1.29 is 0 Å². The lowest BCUT2D eigenvalue weighted by Gasteiger charge is -2.06. The van der Waals surface area contributed by atoms with Crippen molar-refractivity contribution in [2.45, 2.75) is 18.4 Å². The summed E-state index contributed by atoms with van der Waals surface area (Å²) >= 11 is 2.24. The van der Waals surface area contributed by atoms with Crippen LogP contribution in [0.4, 0.5) is 0 Å². The van der Waals surface area contributed by atoms with Crippen LogP contribution in [0.25, 0.3) is 0 Å². The van der Waals surface area contributed by atoms with Crippen LogP contribution in [0.3, 0.4) is 0 Å². The van der Waals surface area contributed by atoms with Crippen molar-refractivity contribution in [1.29, 1.82) is 0 Å². The molecule has 2 rings (SSSR count). The van der Waals surface area contributed by atoms with Crippen molar-refractivity contribution in [2.75, 3.05) is 0 Å². The topological polar surface area (TPSA) is 38.9 Å². The van der Waals surface area contributed by atoms with Gasteiger partial charge in [-0.1, -0.05) is 0 Å². The van der Waals surface area contributed by atoms with E-state index in [2.05, 4.69) is 33.6 Å². The smallest absolute Gasteiger partial charge is 0.0603 e. The molecule has 0 atom stereocenters. The number of hydrogen-bond donors (Lipinski definition) is 1. The number of halogens is 1. The number of hydrogen-bond acceptors (Lipinski definition) is 2. The summed E-state index contributed by atoms with van der Waals surface area (Å²) in [4.78, 5) is 4.28. The third kappa shape index (κ3) is 1.39. The average molecular weight is 260 g/mol. The van der Waals surface area contributed by atoms with E-state index in [0.717, 1.165) is 22.1 Å². The predicted octanol–water partition coefficient (Wildman–Crippen LogP) is 1.63. The van der Waals surface area contributed by atoms with E-state index in [1.807, 2.05) is 12.3 Å². The van der Waals surface area contributed by atoms with Gasteiger partial charge in [-0.15, -0.1) is 0 Å². The highest BCUT2D eigenvalue weighted by molar-refractivity contribution is 14.1. The van der Waals surface area contributed by atoms with Gasteiger partial charge in [0.1, 0.15) is 0 Å². The molecule has 2 N–H and O–H groups in total. The van der Waals surface area contributed by atoms with Gasteiger partial charge in [0.2, 0.25) is 0 Å². The molecule has 1 aliphatic rings. The average Bonchev–Trinajstić information content (AvgIpc) is 2.70. The highest BCUT2D eigenvalue weighted by atomic mass is 127. The van der Waals surface area contributed by atoms with Crippen LogP contribution in [-0.2, 0) is 5.54 Å². The fraction of sp³-hybridized carbons (Fsp3) is 0.375. The van der Waals surface area contributed by atoms with Gasteiger partial charge < -0.3 is 5.73 Å². The molecule has 0 spiro atoms. The van der Waals surface area contributed by atoms with E-state index in [9.17, 15) is 0 Å². The van der Waals surface area contributed by atoms with Crippen molar-refractivity contribution in [3.05, 3.63) is 27.6 Å². The molecule has 2 nitrogen and oxygen atoms in total. The highest BCUT2D eigenvalue weighted by Gasteiger charge is 2.41. The third-order valence-corrected chi connectivity index (χ3v) is 2.66. The van der Waals surface area contributed by atoms with E-state index in [1.165, 1.54) is 0 Å². The lowest BCUT2D eigenvalue weighted by atomic mass is 10.2. The number of aromatic nitrogens is 1. The Morgan fingerprint density at radius 2 is 2.18 bits per heavy atom. The molecule has 58 valence electrons. The van der Waals surface area contributed by atoms with Crippen LogP contribution < -0.4 is 5.73 Å². The van der Waals surface area contributed by atoms with Gasteiger partial charge in [0.05, 0.1) is 11.2 Å². The summed E-state index contributed by atoms with van der Waals surface area (Å²) in [6.07, 6.45) is 4.03. The molecular formula is C8H9IN2. The van der Waals surface area contributed by atoms with E-state index in [4.69, 9.17) is 5.73 Å². The van der Waals surface area contributed by atoms with Crippen molar-refractivity contribution in [3.63, 3.8) is 0 Å². The standard InChI is InChI=1S/C8H9IN2/c9-6-1-2-7(11-5-6)8(10)3-4-8/h1-2,5H,3-4,10H2. The molecule has 0 saturated heterocycles. The first-order valence-corrected chi connectivity index (χ1v) is 4.69. The quantitative estimate of drug-likeness (QED) is 0.779. The zero-order valence-corrected chi connectivity index (χ0v) is 8.21. The molecule has 0 unspecified atom stereocenters. The Morgan fingerprint density at radius 1 is 1.45 bits per heavy atom. The van der Waals surface area contributed by atoms with Gasteiger partial charge >= 0.3 is 0 Å². The third-order valence-electron chi connectivity index (χ3n) is 2.03. The van der Waals surface area contributed by atoms with Gasteiger partial charge in [-0.2, -0.15) is 0 Å². The van der Waals surface area contributed by atoms with Gasteiger partial charge in [-0.3, -0.25) is 4.98 Å². The van der Waals surface area contributed by atoms with Crippen molar-refractivity contribution >= 4 is 22.6 Å². The van der Waals surface area contributed by atoms with Crippen molar-refractivity contribution in [1.82, 2.24) is 4.98 Å². The summed E-state index contributed by atoms with van der Waals surface area (Å²) in [5, 5.41) is 0. The molecule has 1 aliphatic carbocycles. The Labute approximate surface area is 79.3 Å². The molecular weight excluding hydrogens is 251 g/mol. The van der Waals surface area contributed by atoms with Crippen LogP contribution >= 0.6 is 22.6 Å². The molecule has 3 heteroatoms. The normalized spacial score (nSPS) is 19.8.